The Morgan fingerprint density at radius 3 is 2.79 bits per heavy atom. The van der Waals surface area contributed by atoms with Crippen molar-refractivity contribution < 1.29 is 4.74 Å². The van der Waals surface area contributed by atoms with Gasteiger partial charge in [-0.3, -0.25) is 9.88 Å². The molecule has 1 aliphatic rings. The van der Waals surface area contributed by atoms with Crippen LogP contribution in [0.25, 0.3) is 21.3 Å². The molecule has 4 heterocycles. The van der Waals surface area contributed by atoms with E-state index >= 15 is 0 Å². The van der Waals surface area contributed by atoms with Crippen LogP contribution in [0.3, 0.4) is 0 Å². The maximum atomic E-state index is 9.85. The summed E-state index contributed by atoms with van der Waals surface area (Å²) in [6, 6.07) is 18.7. The molecule has 0 unspecified atom stereocenters. The first-order chi connectivity index (χ1) is 21.1. The molecular weight excluding hydrogens is 598 g/mol. The van der Waals surface area contributed by atoms with Crippen LogP contribution in [0.15, 0.2) is 77.2 Å². The summed E-state index contributed by atoms with van der Waals surface area (Å²) in [5.41, 5.74) is 3.91. The molecule has 43 heavy (non-hydrogen) atoms. The van der Waals surface area contributed by atoms with Crippen molar-refractivity contribution in [3.8, 4) is 16.5 Å². The molecule has 0 aliphatic carbocycles. The highest BCUT2D eigenvalue weighted by Gasteiger charge is 2.14. The number of benzene rings is 2. The van der Waals surface area contributed by atoms with Gasteiger partial charge in [-0.25, -0.2) is 4.98 Å². The first-order valence-corrected chi connectivity index (χ1v) is 16.2. The highest BCUT2D eigenvalue weighted by molar-refractivity contribution is 7.99. The predicted octanol–water partition coefficient (Wildman–Crippen LogP) is 6.93. The number of nitrogens with zero attached hydrogens (tertiary/aromatic N) is 5. The van der Waals surface area contributed by atoms with Gasteiger partial charge in [0, 0.05) is 71.0 Å². The van der Waals surface area contributed by atoms with Crippen LogP contribution in [-0.4, -0.2) is 58.8 Å². The molecule has 2 N–H and O–H groups in total. The summed E-state index contributed by atoms with van der Waals surface area (Å²) in [5, 5.41) is 19.2. The summed E-state index contributed by atoms with van der Waals surface area (Å²) in [6.45, 7) is 6.75. The van der Waals surface area contributed by atoms with Crippen molar-refractivity contribution in [2.45, 2.75) is 23.0 Å². The van der Waals surface area contributed by atoms with Crippen LogP contribution in [0.2, 0.25) is 5.02 Å². The normalized spacial score (nSPS) is 13.8. The van der Waals surface area contributed by atoms with Gasteiger partial charge >= 0.3 is 0 Å². The van der Waals surface area contributed by atoms with E-state index in [4.69, 9.17) is 16.3 Å². The van der Waals surface area contributed by atoms with Crippen molar-refractivity contribution in [2.24, 2.45) is 7.05 Å². The molecule has 5 aromatic rings. The zero-order chi connectivity index (χ0) is 29.6. The summed E-state index contributed by atoms with van der Waals surface area (Å²) < 4.78 is 7.38. The predicted molar refractivity (Wildman–Crippen MR) is 175 cm³/mol. The molecule has 0 saturated carbocycles. The lowest BCUT2D eigenvalue weighted by Crippen LogP contribution is -2.37. The van der Waals surface area contributed by atoms with Crippen molar-refractivity contribution >= 4 is 57.0 Å². The van der Waals surface area contributed by atoms with Crippen LogP contribution in [-0.2, 0) is 18.3 Å². The Balaban J connectivity index is 1.13. The Kier molecular flexibility index (Phi) is 9.58. The Morgan fingerprint density at radius 1 is 1.12 bits per heavy atom. The van der Waals surface area contributed by atoms with Gasteiger partial charge in [0.15, 0.2) is 5.16 Å². The summed E-state index contributed by atoms with van der Waals surface area (Å²) in [4.78, 5) is 14.9. The number of hydrogen-bond acceptors (Lipinski definition) is 9. The number of anilines is 2. The maximum absolute atomic E-state index is 9.85. The summed E-state index contributed by atoms with van der Waals surface area (Å²) >= 11 is 9.94. The minimum atomic E-state index is 0.473. The Morgan fingerprint density at radius 2 is 2.00 bits per heavy atom. The van der Waals surface area contributed by atoms with Gasteiger partial charge in [0.25, 0.3) is 0 Å². The van der Waals surface area contributed by atoms with Crippen LogP contribution in [0.4, 0.5) is 11.4 Å². The van der Waals surface area contributed by atoms with Crippen molar-refractivity contribution in [1.29, 1.82) is 5.26 Å². The fraction of sp³-hybridized carbons (Fsp3) is 0.281. The molecule has 6 rings (SSSR count). The third kappa shape index (κ3) is 7.21. The lowest BCUT2D eigenvalue weighted by atomic mass is 10.1. The molecule has 11 heteroatoms. The smallest absolute Gasteiger partial charge is 0.172 e. The molecule has 1 saturated heterocycles. The number of fused-ring (bicyclic) bond motifs is 1. The molecule has 0 radical (unpaired) electrons. The van der Waals surface area contributed by atoms with Gasteiger partial charge in [0.05, 0.1) is 35.0 Å². The number of rotatable bonds is 11. The second-order valence-corrected chi connectivity index (χ2v) is 12.9. The molecule has 0 spiro atoms. The third-order valence-corrected chi connectivity index (χ3v) is 10.1. The molecule has 1 aliphatic heterocycles. The average molecular weight is 630 g/mol. The monoisotopic (exact) mass is 629 g/mol. The number of halogens is 1. The minimum Gasteiger partial charge on any atom is -0.379 e. The largest absolute Gasteiger partial charge is 0.379 e. The van der Waals surface area contributed by atoms with Gasteiger partial charge in [-0.1, -0.05) is 35.5 Å². The van der Waals surface area contributed by atoms with E-state index in [-0.39, 0.29) is 0 Å². The van der Waals surface area contributed by atoms with Crippen LogP contribution < -0.4 is 10.6 Å². The van der Waals surface area contributed by atoms with E-state index in [1.165, 1.54) is 21.5 Å². The lowest BCUT2D eigenvalue weighted by molar-refractivity contribution is 0.0374. The van der Waals surface area contributed by atoms with Gasteiger partial charge in [-0.05, 0) is 61.5 Å². The van der Waals surface area contributed by atoms with Crippen molar-refractivity contribution in [2.75, 3.05) is 44.7 Å². The molecule has 0 atom stereocenters. The zero-order valence-electron chi connectivity index (χ0n) is 23.8. The fourth-order valence-electron chi connectivity index (χ4n) is 5.01. The van der Waals surface area contributed by atoms with Crippen LogP contribution in [0.5, 0.6) is 0 Å². The van der Waals surface area contributed by atoms with Crippen molar-refractivity contribution in [1.82, 2.24) is 24.8 Å². The maximum Gasteiger partial charge on any atom is 0.172 e. The average Bonchev–Trinajstić information content (AvgIpc) is 3.67. The van der Waals surface area contributed by atoms with E-state index < -0.39 is 0 Å². The number of morpholine rings is 1. The third-order valence-electron chi connectivity index (χ3n) is 7.35. The number of nitriles is 1. The highest BCUT2D eigenvalue weighted by Crippen LogP contribution is 2.37. The molecule has 220 valence electrons. The number of thiophene rings is 1. The number of hydrogen-bond donors (Lipinski definition) is 2. The van der Waals surface area contributed by atoms with E-state index in [1.54, 1.807) is 23.7 Å². The first kappa shape index (κ1) is 29.6. The van der Waals surface area contributed by atoms with E-state index in [0.717, 1.165) is 84.6 Å². The number of aryl methyl sites for hydroxylation is 1. The highest BCUT2D eigenvalue weighted by atomic mass is 35.5. The first-order valence-electron chi connectivity index (χ1n) is 14.2. The Hall–Kier alpha value is -3.43. The van der Waals surface area contributed by atoms with Crippen LogP contribution in [0.1, 0.15) is 16.9 Å². The summed E-state index contributed by atoms with van der Waals surface area (Å²) in [5.74, 6) is 0. The molecule has 0 amide bonds. The molecule has 1 fully saturated rings. The SMILES string of the molecule is Cn1ccnc1Sc1ccc(Nc2c(C#N)cnc3cc(-c4ccc(CNCCCN5CCOCC5)s4)ccc23)cc1Cl. The molecular formula is C32H32ClN7OS2. The number of nitrogens with one attached hydrogen (secondary N) is 2. The van der Waals surface area contributed by atoms with Crippen LogP contribution >= 0.6 is 34.7 Å². The van der Waals surface area contributed by atoms with Gasteiger partial charge in [-0.2, -0.15) is 5.26 Å². The standard InChI is InChI=1S/C32H32ClN7OS2/c1-39-12-10-36-32(39)43-30-7-4-24(18-27(30)33)38-31-23(19-34)20-37-28-17-22(3-6-26(28)31)29-8-5-25(42-29)21-35-9-2-11-40-13-15-41-16-14-40/h3-8,10,12,17-18,20,35H,2,9,11,13-16,21H2,1H3,(H,37,38). The lowest BCUT2D eigenvalue weighted by Gasteiger charge is -2.26. The van der Waals surface area contributed by atoms with Crippen molar-refractivity contribution in [3.05, 3.63) is 82.6 Å². The van der Waals surface area contributed by atoms with E-state index in [9.17, 15) is 5.26 Å². The number of pyridine rings is 1. The number of aromatic nitrogens is 3. The summed E-state index contributed by atoms with van der Waals surface area (Å²) in [7, 11) is 1.95. The molecule has 8 nitrogen and oxygen atoms in total. The van der Waals surface area contributed by atoms with Gasteiger partial charge in [-0.15, -0.1) is 11.3 Å². The van der Waals surface area contributed by atoms with Gasteiger partial charge in [0.1, 0.15) is 6.07 Å². The van der Waals surface area contributed by atoms with Crippen LogP contribution in [0, 0.1) is 11.3 Å². The number of ether oxygens (including phenoxy) is 1. The Labute approximate surface area is 264 Å². The summed E-state index contributed by atoms with van der Waals surface area (Å²) in [6.07, 6.45) is 6.43. The van der Waals surface area contributed by atoms with Crippen molar-refractivity contribution in [3.63, 3.8) is 0 Å². The fourth-order valence-corrected chi connectivity index (χ4v) is 7.09. The van der Waals surface area contributed by atoms with E-state index in [1.807, 2.05) is 42.1 Å². The quantitative estimate of drug-likeness (QED) is 0.152. The number of imidazole rings is 1. The van der Waals surface area contributed by atoms with E-state index in [2.05, 4.69) is 55.8 Å². The molecule has 3 aromatic heterocycles. The minimum absolute atomic E-state index is 0.473. The molecule has 2 aromatic carbocycles. The second kappa shape index (κ2) is 13.9. The Bertz CT molecular complexity index is 1760. The van der Waals surface area contributed by atoms with Gasteiger partial charge in [0.2, 0.25) is 0 Å². The zero-order valence-corrected chi connectivity index (χ0v) is 26.2. The topological polar surface area (TPSA) is 91.0 Å². The van der Waals surface area contributed by atoms with E-state index in [0.29, 0.717) is 16.3 Å². The second-order valence-electron chi connectivity index (χ2n) is 10.3. The molecule has 0 bridgehead atoms. The van der Waals surface area contributed by atoms with Gasteiger partial charge < -0.3 is 19.9 Å².